The van der Waals surface area contributed by atoms with Crippen molar-refractivity contribution in [3.63, 3.8) is 0 Å². The molecule has 32 heavy (non-hydrogen) atoms. The minimum atomic E-state index is -0.948. The molecule has 2 heterocycles. The van der Waals surface area contributed by atoms with Gasteiger partial charge in [-0.1, -0.05) is 35.5 Å². The van der Waals surface area contributed by atoms with Crippen LogP contribution in [0.15, 0.2) is 59.1 Å². The van der Waals surface area contributed by atoms with Crippen LogP contribution < -0.4 is 15.0 Å². The van der Waals surface area contributed by atoms with Crippen molar-refractivity contribution in [2.24, 2.45) is 0 Å². The molecule has 0 radical (unpaired) electrons. The van der Waals surface area contributed by atoms with E-state index >= 15 is 0 Å². The number of nitrogens with one attached hydrogen (secondary N) is 1. The van der Waals surface area contributed by atoms with Crippen LogP contribution in [0, 0.1) is 0 Å². The number of esters is 1. The van der Waals surface area contributed by atoms with Crippen LogP contribution >= 0.6 is 0 Å². The molecule has 2 aromatic carbocycles. The van der Waals surface area contributed by atoms with Gasteiger partial charge in [-0.3, -0.25) is 9.59 Å². The molecule has 4 rings (SSSR count). The van der Waals surface area contributed by atoms with Crippen LogP contribution in [-0.2, 0) is 16.0 Å². The van der Waals surface area contributed by atoms with Crippen LogP contribution in [0.25, 0.3) is 0 Å². The van der Waals surface area contributed by atoms with E-state index in [4.69, 9.17) is 14.0 Å². The maximum Gasteiger partial charge on any atom is 0.337 e. The Morgan fingerprint density at radius 3 is 2.72 bits per heavy atom. The number of rotatable bonds is 5. The molecule has 9 nitrogen and oxygen atoms in total. The third kappa shape index (κ3) is 4.31. The Hall–Kier alpha value is -4.14. The molecule has 0 bridgehead atoms. The zero-order valence-corrected chi connectivity index (χ0v) is 17.5. The smallest absolute Gasteiger partial charge is 0.337 e. The second-order valence-corrected chi connectivity index (χ2v) is 7.25. The number of ether oxygens (including phenoxy) is 2. The zero-order valence-electron chi connectivity index (χ0n) is 17.5. The highest BCUT2D eigenvalue weighted by molar-refractivity contribution is 6.03. The van der Waals surface area contributed by atoms with E-state index in [1.54, 1.807) is 25.2 Å². The van der Waals surface area contributed by atoms with Crippen molar-refractivity contribution in [2.45, 2.75) is 12.5 Å². The monoisotopic (exact) mass is 435 g/mol. The van der Waals surface area contributed by atoms with Gasteiger partial charge in [0.15, 0.2) is 5.69 Å². The van der Waals surface area contributed by atoms with E-state index in [2.05, 4.69) is 10.5 Å². The van der Waals surface area contributed by atoms with Gasteiger partial charge in [-0.05, 0) is 23.8 Å². The number of likely N-dealkylation sites (N-methyl/N-ethyl adjacent to an activating group) is 1. The van der Waals surface area contributed by atoms with Gasteiger partial charge in [0.25, 0.3) is 11.8 Å². The van der Waals surface area contributed by atoms with E-state index in [1.807, 2.05) is 30.3 Å². The first kappa shape index (κ1) is 21.1. The molecule has 1 unspecified atom stereocenters. The molecule has 0 fully saturated rings. The summed E-state index contributed by atoms with van der Waals surface area (Å²) in [6, 6.07) is 14.9. The number of amides is 2. The fraction of sp³-hybridized carbons (Fsp3) is 0.217. The van der Waals surface area contributed by atoms with Gasteiger partial charge in [0.05, 0.1) is 18.4 Å². The number of methoxy groups -OCH3 is 1. The van der Waals surface area contributed by atoms with E-state index in [0.717, 1.165) is 5.56 Å². The molecule has 164 valence electrons. The first-order valence-corrected chi connectivity index (χ1v) is 9.89. The topological polar surface area (TPSA) is 111 Å². The Bertz CT molecular complexity index is 1160. The van der Waals surface area contributed by atoms with Crippen LogP contribution in [0.2, 0.25) is 0 Å². The lowest BCUT2D eigenvalue weighted by Gasteiger charge is -2.20. The summed E-state index contributed by atoms with van der Waals surface area (Å²) in [4.78, 5) is 38.8. The molecule has 0 aliphatic carbocycles. The molecule has 0 spiro atoms. The number of hydrogen-bond donors (Lipinski definition) is 1. The van der Waals surface area contributed by atoms with E-state index < -0.39 is 23.8 Å². The molecule has 9 heteroatoms. The number of hydrogen-bond acceptors (Lipinski definition) is 7. The fourth-order valence-corrected chi connectivity index (χ4v) is 3.38. The summed E-state index contributed by atoms with van der Waals surface area (Å²) in [5, 5.41) is 6.47. The average Bonchev–Trinajstić information content (AvgIpc) is 3.25. The van der Waals surface area contributed by atoms with Crippen molar-refractivity contribution in [3.8, 4) is 5.75 Å². The van der Waals surface area contributed by atoms with E-state index in [-0.39, 0.29) is 17.9 Å². The largest absolute Gasteiger partial charge is 0.489 e. The number of carbonyl (C=O) groups excluding carboxylic acids is 3. The van der Waals surface area contributed by atoms with Crippen molar-refractivity contribution < 1.29 is 28.4 Å². The van der Waals surface area contributed by atoms with Gasteiger partial charge in [-0.15, -0.1) is 0 Å². The van der Waals surface area contributed by atoms with Gasteiger partial charge in [0.1, 0.15) is 24.2 Å². The molecule has 1 N–H and O–H groups in total. The number of anilines is 1. The Labute approximate surface area is 183 Å². The minimum Gasteiger partial charge on any atom is -0.489 e. The van der Waals surface area contributed by atoms with Gasteiger partial charge < -0.3 is 24.2 Å². The number of aromatic nitrogens is 1. The Morgan fingerprint density at radius 2 is 1.97 bits per heavy atom. The Kier molecular flexibility index (Phi) is 5.89. The first-order chi connectivity index (χ1) is 15.5. The third-order valence-corrected chi connectivity index (χ3v) is 5.09. The second-order valence-electron chi connectivity index (χ2n) is 7.25. The third-order valence-electron chi connectivity index (χ3n) is 5.09. The van der Waals surface area contributed by atoms with Crippen LogP contribution in [0.5, 0.6) is 5.75 Å². The van der Waals surface area contributed by atoms with Crippen molar-refractivity contribution in [3.05, 3.63) is 77.2 Å². The van der Waals surface area contributed by atoms with Crippen molar-refractivity contribution in [1.82, 2.24) is 10.5 Å². The maximum atomic E-state index is 12.9. The van der Waals surface area contributed by atoms with E-state index in [9.17, 15) is 14.4 Å². The summed E-state index contributed by atoms with van der Waals surface area (Å²) in [5.41, 5.74) is 1.78. The Balaban J connectivity index is 1.46. The quantitative estimate of drug-likeness (QED) is 0.612. The van der Waals surface area contributed by atoms with Crippen LogP contribution in [0.1, 0.15) is 32.2 Å². The number of benzene rings is 2. The molecule has 1 aliphatic heterocycles. The highest BCUT2D eigenvalue weighted by Gasteiger charge is 2.32. The van der Waals surface area contributed by atoms with Crippen molar-refractivity contribution >= 4 is 23.5 Å². The standard InChI is InChI=1S/C23H21N3O6/c1-26-19-11-15(23(29)30-2)8-9-20(19)31-13-18(22(26)28)24-21(27)17-12-16(32-25-17)10-14-6-4-3-5-7-14/h3-9,11-12,18H,10,13H2,1-2H3,(H,24,27). The normalized spacial score (nSPS) is 15.4. The maximum absolute atomic E-state index is 12.9. The number of carbonyl (C=O) groups is 3. The van der Waals surface area contributed by atoms with E-state index in [0.29, 0.717) is 23.6 Å². The molecule has 3 aromatic rings. The lowest BCUT2D eigenvalue weighted by Crippen LogP contribution is -2.49. The predicted octanol–water partition coefficient (Wildman–Crippen LogP) is 2.21. The van der Waals surface area contributed by atoms with Crippen molar-refractivity contribution in [2.75, 3.05) is 25.7 Å². The Morgan fingerprint density at radius 1 is 1.19 bits per heavy atom. The highest BCUT2D eigenvalue weighted by atomic mass is 16.5. The summed E-state index contributed by atoms with van der Waals surface area (Å²) in [5.74, 6) is -0.529. The van der Waals surface area contributed by atoms with Crippen LogP contribution in [0.3, 0.4) is 0 Å². The molecule has 0 saturated carbocycles. The van der Waals surface area contributed by atoms with Gasteiger partial charge >= 0.3 is 5.97 Å². The van der Waals surface area contributed by atoms with Gasteiger partial charge in [-0.2, -0.15) is 0 Å². The lowest BCUT2D eigenvalue weighted by atomic mass is 10.1. The van der Waals surface area contributed by atoms with E-state index in [1.165, 1.54) is 18.1 Å². The molecular formula is C23H21N3O6. The first-order valence-electron chi connectivity index (χ1n) is 9.89. The summed E-state index contributed by atoms with van der Waals surface area (Å²) in [6.45, 7) is -0.0752. The molecule has 1 aliphatic rings. The fourth-order valence-electron chi connectivity index (χ4n) is 3.38. The minimum absolute atomic E-state index is 0.0705. The average molecular weight is 435 g/mol. The summed E-state index contributed by atoms with van der Waals surface area (Å²) >= 11 is 0. The zero-order chi connectivity index (χ0) is 22.7. The molecule has 1 atom stereocenters. The molecular weight excluding hydrogens is 414 g/mol. The summed E-state index contributed by atoms with van der Waals surface area (Å²) in [6.07, 6.45) is 0.493. The molecule has 2 amide bonds. The number of nitrogens with zero attached hydrogens (tertiary/aromatic N) is 2. The van der Waals surface area contributed by atoms with Gasteiger partial charge in [-0.25, -0.2) is 4.79 Å². The summed E-state index contributed by atoms with van der Waals surface area (Å²) < 4.78 is 15.7. The van der Waals surface area contributed by atoms with Crippen LogP contribution in [-0.4, -0.2) is 49.7 Å². The van der Waals surface area contributed by atoms with Crippen molar-refractivity contribution in [1.29, 1.82) is 0 Å². The van der Waals surface area contributed by atoms with Gasteiger partial charge in [0.2, 0.25) is 0 Å². The predicted molar refractivity (Wildman–Crippen MR) is 114 cm³/mol. The molecule has 0 saturated heterocycles. The second kappa shape index (κ2) is 8.93. The summed E-state index contributed by atoms with van der Waals surface area (Å²) in [7, 11) is 2.82. The molecule has 1 aromatic heterocycles. The van der Waals surface area contributed by atoms with Crippen LogP contribution in [0.4, 0.5) is 5.69 Å². The number of fused-ring (bicyclic) bond motifs is 1. The SMILES string of the molecule is COC(=O)c1ccc2c(c1)N(C)C(=O)C(NC(=O)c1cc(Cc3ccccc3)on1)CO2. The lowest BCUT2D eigenvalue weighted by molar-refractivity contribution is -0.120. The highest BCUT2D eigenvalue weighted by Crippen LogP contribution is 2.32. The van der Waals surface area contributed by atoms with Gasteiger partial charge in [0, 0.05) is 19.5 Å².